The van der Waals surface area contributed by atoms with Crippen LogP contribution >= 0.6 is 0 Å². The highest BCUT2D eigenvalue weighted by molar-refractivity contribution is 6.57. The quantitative estimate of drug-likeness (QED) is 0.243. The van der Waals surface area contributed by atoms with E-state index in [0.29, 0.717) is 28.6 Å². The van der Waals surface area contributed by atoms with E-state index in [2.05, 4.69) is 9.83 Å². The molecule has 0 amide bonds. The number of fused-ring (bicyclic) bond motifs is 1. The molecule has 0 aliphatic rings. The molecule has 2 heterocycles. The molecule has 7 nitrogen and oxygen atoms in total. The summed E-state index contributed by atoms with van der Waals surface area (Å²) in [7, 11) is -1.79. The van der Waals surface area contributed by atoms with Gasteiger partial charge in [0.2, 0.25) is 0 Å². The Kier molecular flexibility index (Phi) is 6.35. The van der Waals surface area contributed by atoms with Crippen LogP contribution in [0.1, 0.15) is 0 Å². The number of nitrogens with zero attached hydrogens (tertiary/aromatic N) is 5. The molecule has 6 aromatic rings. The lowest BCUT2D eigenvalue weighted by Gasteiger charge is -2.11. The van der Waals surface area contributed by atoms with Crippen molar-refractivity contribution in [2.75, 3.05) is 0 Å². The summed E-state index contributed by atoms with van der Waals surface area (Å²) in [6, 6.07) is 34.1. The molecule has 0 atom stereocenters. The second-order valence-electron chi connectivity index (χ2n) is 8.89. The van der Waals surface area contributed by atoms with Crippen molar-refractivity contribution in [1.29, 1.82) is 0 Å². The van der Waals surface area contributed by atoms with Crippen LogP contribution in [-0.2, 0) is 0 Å². The van der Waals surface area contributed by atoms with E-state index >= 15 is 0 Å². The highest BCUT2D eigenvalue weighted by Gasteiger charge is 2.20. The number of rotatable bonds is 5. The Labute approximate surface area is 225 Å². The number of hydrogen-bond donors (Lipinski definition) is 2. The van der Waals surface area contributed by atoms with Gasteiger partial charge >= 0.3 is 7.12 Å². The van der Waals surface area contributed by atoms with Gasteiger partial charge < -0.3 is 10.0 Å². The molecule has 0 aliphatic heterocycles. The lowest BCUT2D eigenvalue weighted by atomic mass is 9.85. The second-order valence-corrected chi connectivity index (χ2v) is 8.89. The Morgan fingerprint density at radius 1 is 0.590 bits per heavy atom. The molecule has 2 aromatic heterocycles. The van der Waals surface area contributed by atoms with Crippen LogP contribution in [-0.4, -0.2) is 37.1 Å². The molecule has 0 spiro atoms. The summed E-state index contributed by atoms with van der Waals surface area (Å²) in [5.41, 5.74) is 6.11. The van der Waals surface area contributed by atoms with Crippen LogP contribution in [0, 0.1) is 6.57 Å². The second kappa shape index (κ2) is 10.3. The van der Waals surface area contributed by atoms with Crippen LogP contribution in [0.2, 0.25) is 0 Å². The van der Waals surface area contributed by atoms with Gasteiger partial charge in [-0.25, -0.2) is 24.8 Å². The van der Waals surface area contributed by atoms with Crippen LogP contribution in [0.3, 0.4) is 0 Å². The third kappa shape index (κ3) is 4.88. The summed E-state index contributed by atoms with van der Waals surface area (Å²) in [5.74, 6) is 0.679. The van der Waals surface area contributed by atoms with Crippen LogP contribution in [0.15, 0.2) is 109 Å². The van der Waals surface area contributed by atoms with Gasteiger partial charge in [0.15, 0.2) is 17.3 Å². The Morgan fingerprint density at radius 2 is 1.23 bits per heavy atom. The predicted molar refractivity (Wildman–Crippen MR) is 153 cm³/mol. The van der Waals surface area contributed by atoms with Crippen molar-refractivity contribution >= 4 is 29.3 Å². The first-order valence-electron chi connectivity index (χ1n) is 12.2. The van der Waals surface area contributed by atoms with Crippen LogP contribution in [0.4, 0.5) is 5.69 Å². The van der Waals surface area contributed by atoms with Crippen molar-refractivity contribution < 1.29 is 10.0 Å². The van der Waals surface area contributed by atoms with E-state index in [1.165, 1.54) is 6.07 Å². The summed E-state index contributed by atoms with van der Waals surface area (Å²) in [5, 5.41) is 20.9. The molecule has 0 saturated heterocycles. The van der Waals surface area contributed by atoms with Gasteiger partial charge in [-0.3, -0.25) is 0 Å². The normalized spacial score (nSPS) is 10.8. The monoisotopic (exact) mass is 505 g/mol. The summed E-state index contributed by atoms with van der Waals surface area (Å²) in [6.07, 6.45) is 0. The summed E-state index contributed by atoms with van der Waals surface area (Å²) >= 11 is 0. The lowest BCUT2D eigenvalue weighted by molar-refractivity contribution is 0.424. The number of benzene rings is 4. The van der Waals surface area contributed by atoms with Gasteiger partial charge in [0.05, 0.1) is 23.4 Å². The van der Waals surface area contributed by atoms with Crippen LogP contribution in [0.5, 0.6) is 0 Å². The molecule has 4 aromatic carbocycles. The summed E-state index contributed by atoms with van der Waals surface area (Å²) in [6.45, 7) is 7.13. The van der Waals surface area contributed by atoms with Crippen molar-refractivity contribution in [2.45, 2.75) is 0 Å². The third-order valence-corrected chi connectivity index (χ3v) is 6.36. The minimum absolute atomic E-state index is 0.0480. The van der Waals surface area contributed by atoms with Crippen molar-refractivity contribution in [1.82, 2.24) is 19.9 Å². The molecule has 8 heteroatoms. The van der Waals surface area contributed by atoms with Gasteiger partial charge in [0.25, 0.3) is 0 Å². The zero-order chi connectivity index (χ0) is 26.8. The smallest absolute Gasteiger partial charge is 0.422 e. The van der Waals surface area contributed by atoms with E-state index in [1.807, 2.05) is 91.0 Å². The molecule has 0 unspecified atom stereocenters. The van der Waals surface area contributed by atoms with Crippen molar-refractivity contribution in [2.24, 2.45) is 0 Å². The minimum Gasteiger partial charge on any atom is -0.422 e. The Morgan fingerprint density at radius 3 is 1.92 bits per heavy atom. The summed E-state index contributed by atoms with van der Waals surface area (Å²) < 4.78 is 0. The Bertz CT molecular complexity index is 1840. The van der Waals surface area contributed by atoms with Gasteiger partial charge in [0.1, 0.15) is 5.69 Å². The SMILES string of the molecule is [C-]#[N+]c1ccc(-c2ccc(-c3nc(B(O)O)cc(-c4nc(-c5ccccc5)c5ccccc5n4)n3)cc2)cc1. The minimum atomic E-state index is -1.79. The van der Waals surface area contributed by atoms with Crippen LogP contribution < -0.4 is 5.59 Å². The van der Waals surface area contributed by atoms with Crippen molar-refractivity contribution in [3.8, 4) is 45.3 Å². The van der Waals surface area contributed by atoms with Gasteiger partial charge in [-0.1, -0.05) is 97.1 Å². The van der Waals surface area contributed by atoms with Gasteiger partial charge in [-0.2, -0.15) is 0 Å². The van der Waals surface area contributed by atoms with Crippen LogP contribution in [0.25, 0.3) is 61.0 Å². The molecular formula is C31H20BN5O2. The molecule has 0 aliphatic carbocycles. The fourth-order valence-electron chi connectivity index (χ4n) is 4.39. The highest BCUT2D eigenvalue weighted by Crippen LogP contribution is 2.29. The van der Waals surface area contributed by atoms with Gasteiger partial charge in [0, 0.05) is 16.5 Å². The van der Waals surface area contributed by atoms with E-state index in [-0.39, 0.29) is 5.59 Å². The molecule has 39 heavy (non-hydrogen) atoms. The molecule has 6 rings (SSSR count). The fraction of sp³-hybridized carbons (Fsp3) is 0. The molecule has 0 bridgehead atoms. The first-order chi connectivity index (χ1) is 19.1. The number of hydrogen-bond acceptors (Lipinski definition) is 6. The number of para-hydroxylation sites is 1. The average molecular weight is 505 g/mol. The Hall–Kier alpha value is -5.23. The first kappa shape index (κ1) is 24.1. The molecule has 0 radical (unpaired) electrons. The third-order valence-electron chi connectivity index (χ3n) is 6.36. The summed E-state index contributed by atoms with van der Waals surface area (Å²) in [4.78, 5) is 22.2. The average Bonchev–Trinajstić information content (AvgIpc) is 3.01. The molecule has 184 valence electrons. The standard InChI is InChI=1S/C31H20BN5O2/c1-33-24-17-15-21(16-18-24)20-11-13-23(14-12-20)30-35-27(19-28(36-30)32(38)39)31-34-26-10-6-5-9-25(26)29(37-31)22-7-3-2-4-8-22/h2-19,38-39H. The van der Waals surface area contributed by atoms with E-state index in [4.69, 9.17) is 21.5 Å². The van der Waals surface area contributed by atoms with Gasteiger partial charge in [-0.05, 0) is 23.3 Å². The van der Waals surface area contributed by atoms with Crippen molar-refractivity contribution in [3.05, 3.63) is 121 Å². The number of aromatic nitrogens is 4. The Balaban J connectivity index is 1.45. The van der Waals surface area contributed by atoms with Crippen molar-refractivity contribution in [3.63, 3.8) is 0 Å². The van der Waals surface area contributed by atoms with Gasteiger partial charge in [-0.15, -0.1) is 0 Å². The maximum atomic E-state index is 10.0. The van der Waals surface area contributed by atoms with E-state index in [1.54, 1.807) is 12.1 Å². The highest BCUT2D eigenvalue weighted by atomic mass is 16.4. The fourth-order valence-corrected chi connectivity index (χ4v) is 4.39. The zero-order valence-electron chi connectivity index (χ0n) is 20.6. The molecule has 2 N–H and O–H groups in total. The van der Waals surface area contributed by atoms with E-state index in [0.717, 1.165) is 33.3 Å². The largest absolute Gasteiger partial charge is 0.508 e. The molecule has 0 fully saturated rings. The predicted octanol–water partition coefficient (Wildman–Crippen LogP) is 5.32. The zero-order valence-corrected chi connectivity index (χ0v) is 20.6. The van der Waals surface area contributed by atoms with E-state index in [9.17, 15) is 10.0 Å². The maximum Gasteiger partial charge on any atom is 0.508 e. The van der Waals surface area contributed by atoms with E-state index < -0.39 is 7.12 Å². The topological polar surface area (TPSA) is 96.4 Å². The maximum absolute atomic E-state index is 10.0. The molecule has 0 saturated carbocycles. The first-order valence-corrected chi connectivity index (χ1v) is 12.2. The lowest BCUT2D eigenvalue weighted by Crippen LogP contribution is -2.33. The molecular weight excluding hydrogens is 485 g/mol.